The molecule has 2 aromatic heterocycles. The van der Waals surface area contributed by atoms with Crippen molar-refractivity contribution in [2.75, 3.05) is 7.11 Å². The molecule has 37 heavy (non-hydrogen) atoms. The Hall–Kier alpha value is -3.75. The van der Waals surface area contributed by atoms with Crippen LogP contribution >= 0.6 is 11.6 Å². The van der Waals surface area contributed by atoms with E-state index in [1.54, 1.807) is 53.1 Å². The third kappa shape index (κ3) is 5.50. The molecule has 0 radical (unpaired) electrons. The van der Waals surface area contributed by atoms with Crippen LogP contribution < -0.4 is 15.0 Å². The van der Waals surface area contributed by atoms with Gasteiger partial charge in [0, 0.05) is 11.8 Å². The summed E-state index contributed by atoms with van der Waals surface area (Å²) < 4.78 is 12.6. The molecular formula is C28H29ClN4O4. The van der Waals surface area contributed by atoms with Crippen molar-refractivity contribution in [3.63, 3.8) is 0 Å². The molecule has 192 valence electrons. The lowest BCUT2D eigenvalue weighted by Gasteiger charge is -2.18. The van der Waals surface area contributed by atoms with Crippen molar-refractivity contribution >= 4 is 11.6 Å². The number of benzene rings is 2. The van der Waals surface area contributed by atoms with Gasteiger partial charge in [0.05, 0.1) is 29.1 Å². The van der Waals surface area contributed by atoms with Crippen molar-refractivity contribution in [1.29, 1.82) is 0 Å². The zero-order valence-electron chi connectivity index (χ0n) is 21.7. The van der Waals surface area contributed by atoms with Gasteiger partial charge in [0.2, 0.25) is 5.88 Å². The molecule has 0 fully saturated rings. The van der Waals surface area contributed by atoms with Gasteiger partial charge in [-0.25, -0.2) is 9.97 Å². The largest absolute Gasteiger partial charge is 0.497 e. The number of aliphatic hydroxyl groups is 1. The molecule has 2 heterocycles. The molecular weight excluding hydrogens is 492 g/mol. The smallest absolute Gasteiger partial charge is 0.264 e. The number of aromatic nitrogens is 4. The zero-order chi connectivity index (χ0) is 26.9. The number of aryl methyl sites for hydroxylation is 2. The number of ether oxygens (including phenoxy) is 2. The SMILES string of the molecule is COc1cccc(COc2nc(C)n(-c3cc(-c4nc(C(C)(C)O)ncc4C)ccc3Cl)c(=O)c2C)c1. The highest BCUT2D eigenvalue weighted by atomic mass is 35.5. The first-order valence-electron chi connectivity index (χ1n) is 11.7. The Balaban J connectivity index is 1.73. The quantitative estimate of drug-likeness (QED) is 0.362. The van der Waals surface area contributed by atoms with Crippen LogP contribution in [0, 0.1) is 20.8 Å². The Labute approximate surface area is 220 Å². The van der Waals surface area contributed by atoms with Crippen LogP contribution in [0.25, 0.3) is 16.9 Å². The summed E-state index contributed by atoms with van der Waals surface area (Å²) in [5.74, 6) is 1.70. The van der Waals surface area contributed by atoms with E-state index in [2.05, 4.69) is 15.0 Å². The lowest BCUT2D eigenvalue weighted by Crippen LogP contribution is -2.25. The predicted octanol–water partition coefficient (Wildman–Crippen LogP) is 5.08. The molecule has 8 nitrogen and oxygen atoms in total. The van der Waals surface area contributed by atoms with Gasteiger partial charge in [-0.05, 0) is 70.0 Å². The Kier molecular flexibility index (Phi) is 7.34. The number of hydrogen-bond donors (Lipinski definition) is 1. The molecule has 0 saturated heterocycles. The third-order valence-corrected chi connectivity index (χ3v) is 6.24. The first kappa shape index (κ1) is 26.3. The molecule has 0 aliphatic carbocycles. The number of rotatable bonds is 7. The van der Waals surface area contributed by atoms with Gasteiger partial charge >= 0.3 is 0 Å². The molecule has 4 aromatic rings. The summed E-state index contributed by atoms with van der Waals surface area (Å²) in [6.07, 6.45) is 1.67. The van der Waals surface area contributed by atoms with Gasteiger partial charge in [-0.2, -0.15) is 4.98 Å². The summed E-state index contributed by atoms with van der Waals surface area (Å²) in [6.45, 7) is 8.78. The van der Waals surface area contributed by atoms with E-state index < -0.39 is 5.60 Å². The second-order valence-corrected chi connectivity index (χ2v) is 9.73. The summed E-state index contributed by atoms with van der Waals surface area (Å²) >= 11 is 6.56. The molecule has 0 amide bonds. The number of methoxy groups -OCH3 is 1. The highest BCUT2D eigenvalue weighted by Crippen LogP contribution is 2.30. The molecule has 0 unspecified atom stereocenters. The lowest BCUT2D eigenvalue weighted by molar-refractivity contribution is 0.0688. The molecule has 2 aromatic carbocycles. The van der Waals surface area contributed by atoms with Crippen molar-refractivity contribution in [2.24, 2.45) is 0 Å². The highest BCUT2D eigenvalue weighted by molar-refractivity contribution is 6.32. The van der Waals surface area contributed by atoms with Crippen molar-refractivity contribution in [1.82, 2.24) is 19.5 Å². The molecule has 0 bridgehead atoms. The van der Waals surface area contributed by atoms with E-state index in [4.69, 9.17) is 21.1 Å². The van der Waals surface area contributed by atoms with E-state index in [1.165, 1.54) is 4.57 Å². The minimum atomic E-state index is -1.20. The van der Waals surface area contributed by atoms with Crippen LogP contribution in [0.3, 0.4) is 0 Å². The van der Waals surface area contributed by atoms with E-state index in [0.717, 1.165) is 22.4 Å². The Morgan fingerprint density at radius 1 is 1.08 bits per heavy atom. The van der Waals surface area contributed by atoms with E-state index in [0.29, 0.717) is 33.6 Å². The van der Waals surface area contributed by atoms with E-state index >= 15 is 0 Å². The maximum Gasteiger partial charge on any atom is 0.264 e. The van der Waals surface area contributed by atoms with Crippen molar-refractivity contribution in [2.45, 2.75) is 46.8 Å². The molecule has 0 aliphatic heterocycles. The van der Waals surface area contributed by atoms with Crippen LogP contribution in [-0.4, -0.2) is 31.7 Å². The highest BCUT2D eigenvalue weighted by Gasteiger charge is 2.22. The van der Waals surface area contributed by atoms with Gasteiger partial charge in [0.25, 0.3) is 5.56 Å². The zero-order valence-corrected chi connectivity index (χ0v) is 22.4. The summed E-state index contributed by atoms with van der Waals surface area (Å²) in [5.41, 5.74) is 2.42. The summed E-state index contributed by atoms with van der Waals surface area (Å²) in [5, 5.41) is 10.8. The Morgan fingerprint density at radius 3 is 2.54 bits per heavy atom. The summed E-state index contributed by atoms with van der Waals surface area (Å²) in [6, 6.07) is 12.8. The minimum Gasteiger partial charge on any atom is -0.497 e. The molecule has 0 spiro atoms. The lowest BCUT2D eigenvalue weighted by atomic mass is 10.0. The maximum atomic E-state index is 13.5. The van der Waals surface area contributed by atoms with Gasteiger partial charge in [-0.15, -0.1) is 0 Å². The van der Waals surface area contributed by atoms with Crippen LogP contribution in [0.15, 0.2) is 53.5 Å². The van der Waals surface area contributed by atoms with Gasteiger partial charge < -0.3 is 14.6 Å². The van der Waals surface area contributed by atoms with E-state index in [-0.39, 0.29) is 18.0 Å². The average Bonchev–Trinajstić information content (AvgIpc) is 2.86. The third-order valence-electron chi connectivity index (χ3n) is 5.92. The predicted molar refractivity (Wildman–Crippen MR) is 143 cm³/mol. The van der Waals surface area contributed by atoms with Crippen LogP contribution in [0.4, 0.5) is 0 Å². The van der Waals surface area contributed by atoms with Gasteiger partial charge in [-0.3, -0.25) is 9.36 Å². The van der Waals surface area contributed by atoms with Crippen LogP contribution in [0.2, 0.25) is 5.02 Å². The second kappa shape index (κ2) is 10.3. The Bertz CT molecular complexity index is 1530. The van der Waals surface area contributed by atoms with Crippen molar-refractivity contribution in [3.05, 3.63) is 92.4 Å². The molecule has 0 saturated carbocycles. The summed E-state index contributed by atoms with van der Waals surface area (Å²) in [7, 11) is 1.60. The van der Waals surface area contributed by atoms with Crippen LogP contribution in [0.5, 0.6) is 11.6 Å². The fourth-order valence-electron chi connectivity index (χ4n) is 3.89. The topological polar surface area (TPSA) is 99.4 Å². The van der Waals surface area contributed by atoms with E-state index in [9.17, 15) is 9.90 Å². The summed E-state index contributed by atoms with van der Waals surface area (Å²) in [4.78, 5) is 26.9. The Morgan fingerprint density at radius 2 is 1.84 bits per heavy atom. The maximum absolute atomic E-state index is 13.5. The minimum absolute atomic E-state index is 0.237. The molecule has 0 atom stereocenters. The van der Waals surface area contributed by atoms with Crippen molar-refractivity contribution in [3.8, 4) is 28.6 Å². The standard InChI is InChI=1S/C28H29ClN4O4/c1-16-14-30-27(28(4,5)35)32-24(16)20-10-11-22(29)23(13-20)33-18(3)31-25(17(2)26(33)34)37-15-19-8-7-9-21(12-19)36-6/h7-14,35H,15H2,1-6H3. The van der Waals surface area contributed by atoms with Gasteiger partial charge in [0.15, 0.2) is 5.82 Å². The van der Waals surface area contributed by atoms with Crippen LogP contribution in [-0.2, 0) is 12.2 Å². The van der Waals surface area contributed by atoms with E-state index in [1.807, 2.05) is 37.3 Å². The monoisotopic (exact) mass is 520 g/mol. The second-order valence-electron chi connectivity index (χ2n) is 9.32. The van der Waals surface area contributed by atoms with Gasteiger partial charge in [0.1, 0.15) is 23.8 Å². The normalized spacial score (nSPS) is 11.5. The molecule has 0 aliphatic rings. The first-order chi connectivity index (χ1) is 17.5. The number of hydrogen-bond acceptors (Lipinski definition) is 7. The number of halogens is 1. The average molecular weight is 521 g/mol. The molecule has 4 rings (SSSR count). The fraction of sp³-hybridized carbons (Fsp3) is 0.286. The fourth-order valence-corrected chi connectivity index (χ4v) is 4.09. The molecule has 1 N–H and O–H groups in total. The first-order valence-corrected chi connectivity index (χ1v) is 12.1. The molecule has 9 heteroatoms. The van der Waals surface area contributed by atoms with Gasteiger partial charge in [-0.1, -0.05) is 29.8 Å². The number of nitrogens with zero attached hydrogens (tertiary/aromatic N) is 4. The van der Waals surface area contributed by atoms with Crippen LogP contribution in [0.1, 0.15) is 42.2 Å². The van der Waals surface area contributed by atoms with Crippen molar-refractivity contribution < 1.29 is 14.6 Å².